The number of aliphatic hydroxyl groups excluding tert-OH is 1. The van der Waals surface area contributed by atoms with Gasteiger partial charge in [-0.3, -0.25) is 0 Å². The minimum atomic E-state index is -0.941. The van der Waals surface area contributed by atoms with Gasteiger partial charge in [-0.15, -0.1) is 0 Å². The molecule has 3 rings (SSSR count). The molecule has 5 heteroatoms. The predicted octanol–water partition coefficient (Wildman–Crippen LogP) is 2.29. The molecule has 1 aliphatic carbocycles. The summed E-state index contributed by atoms with van der Waals surface area (Å²) in [6.45, 7) is 9.84. The molecule has 5 atom stereocenters. The van der Waals surface area contributed by atoms with Crippen molar-refractivity contribution in [1.82, 2.24) is 0 Å². The molecule has 2 saturated heterocycles. The van der Waals surface area contributed by atoms with Crippen LogP contribution in [0.3, 0.4) is 0 Å². The molecule has 2 aliphatic heterocycles. The predicted molar refractivity (Wildman–Crippen MR) is 93.7 cm³/mol. The number of rotatable bonds is 2. The number of epoxide rings is 1. The van der Waals surface area contributed by atoms with E-state index in [4.69, 9.17) is 9.47 Å². The van der Waals surface area contributed by atoms with Crippen molar-refractivity contribution in [2.75, 3.05) is 6.61 Å². The third-order valence-corrected chi connectivity index (χ3v) is 5.53. The Morgan fingerprint density at radius 1 is 1.36 bits per heavy atom. The SMILES string of the molecule is C=C1C[C@@H](O)C2OC2(C)CC[C@@H]2C(=CC=CC(C)(C)O)C(=O)OC[C@@H]12. The Morgan fingerprint density at radius 3 is 2.76 bits per heavy atom. The third-order valence-electron chi connectivity index (χ3n) is 5.53. The van der Waals surface area contributed by atoms with Gasteiger partial charge in [-0.2, -0.15) is 0 Å². The average Bonchev–Trinajstić information content (AvgIpc) is 3.17. The van der Waals surface area contributed by atoms with Crippen LogP contribution in [0.15, 0.2) is 36.0 Å². The fourth-order valence-corrected chi connectivity index (χ4v) is 3.98. The topological polar surface area (TPSA) is 79.3 Å². The normalized spacial score (nSPS) is 40.8. The van der Waals surface area contributed by atoms with Crippen LogP contribution in [0.2, 0.25) is 0 Å². The molecule has 0 radical (unpaired) electrons. The second-order valence-corrected chi connectivity index (χ2v) is 8.27. The lowest BCUT2D eigenvalue weighted by molar-refractivity contribution is -0.144. The lowest BCUT2D eigenvalue weighted by atomic mass is 9.76. The molecule has 3 aliphatic rings. The van der Waals surface area contributed by atoms with E-state index in [-0.39, 0.29) is 29.5 Å². The van der Waals surface area contributed by atoms with Crippen LogP contribution < -0.4 is 0 Å². The molecule has 2 unspecified atom stereocenters. The molecular formula is C20H28O5. The van der Waals surface area contributed by atoms with Gasteiger partial charge in [-0.1, -0.05) is 30.4 Å². The molecule has 2 heterocycles. The van der Waals surface area contributed by atoms with Gasteiger partial charge in [0.05, 0.1) is 23.9 Å². The zero-order valence-electron chi connectivity index (χ0n) is 15.2. The number of fused-ring (bicyclic) bond motifs is 2. The van der Waals surface area contributed by atoms with Crippen molar-refractivity contribution in [2.24, 2.45) is 11.8 Å². The van der Waals surface area contributed by atoms with Crippen molar-refractivity contribution >= 4 is 5.97 Å². The smallest absolute Gasteiger partial charge is 0.334 e. The maximum atomic E-state index is 12.3. The third kappa shape index (κ3) is 3.89. The van der Waals surface area contributed by atoms with E-state index in [2.05, 4.69) is 6.58 Å². The first-order chi connectivity index (χ1) is 11.6. The van der Waals surface area contributed by atoms with E-state index in [0.717, 1.165) is 18.4 Å². The molecule has 0 bridgehead atoms. The summed E-state index contributed by atoms with van der Waals surface area (Å²) in [6.07, 6.45) is 6.41. The fraction of sp³-hybridized carbons (Fsp3) is 0.650. The summed E-state index contributed by atoms with van der Waals surface area (Å²) in [5.74, 6) is -0.310. The highest BCUT2D eigenvalue weighted by molar-refractivity contribution is 5.90. The van der Waals surface area contributed by atoms with Gasteiger partial charge >= 0.3 is 5.97 Å². The molecule has 0 aromatic heterocycles. The van der Waals surface area contributed by atoms with E-state index in [1.54, 1.807) is 32.1 Å². The van der Waals surface area contributed by atoms with Crippen molar-refractivity contribution < 1.29 is 24.5 Å². The number of carbonyl (C=O) groups excluding carboxylic acids is 1. The van der Waals surface area contributed by atoms with Crippen molar-refractivity contribution in [3.63, 3.8) is 0 Å². The van der Waals surface area contributed by atoms with Crippen LogP contribution in [0, 0.1) is 11.8 Å². The fourth-order valence-electron chi connectivity index (χ4n) is 3.98. The molecule has 1 saturated carbocycles. The van der Waals surface area contributed by atoms with Crippen LogP contribution in [0.5, 0.6) is 0 Å². The van der Waals surface area contributed by atoms with Gasteiger partial charge < -0.3 is 19.7 Å². The van der Waals surface area contributed by atoms with Crippen molar-refractivity contribution in [3.8, 4) is 0 Å². The summed E-state index contributed by atoms with van der Waals surface area (Å²) >= 11 is 0. The van der Waals surface area contributed by atoms with Crippen LogP contribution in [-0.4, -0.2) is 46.2 Å². The van der Waals surface area contributed by atoms with Crippen LogP contribution in [-0.2, 0) is 14.3 Å². The number of carbonyl (C=O) groups is 1. The Balaban J connectivity index is 1.88. The molecular weight excluding hydrogens is 320 g/mol. The van der Waals surface area contributed by atoms with Crippen LogP contribution in [0.4, 0.5) is 0 Å². The van der Waals surface area contributed by atoms with Crippen molar-refractivity contribution in [1.29, 1.82) is 0 Å². The molecule has 0 aromatic carbocycles. The van der Waals surface area contributed by atoms with Gasteiger partial charge in [-0.05, 0) is 40.0 Å². The Kier molecular flexibility index (Phi) is 4.69. The minimum absolute atomic E-state index is 0.00724. The van der Waals surface area contributed by atoms with E-state index in [0.29, 0.717) is 18.6 Å². The van der Waals surface area contributed by atoms with E-state index >= 15 is 0 Å². The molecule has 0 spiro atoms. The maximum Gasteiger partial charge on any atom is 0.334 e. The molecule has 2 N–H and O–H groups in total. The van der Waals surface area contributed by atoms with Gasteiger partial charge in [0.25, 0.3) is 0 Å². The summed E-state index contributed by atoms with van der Waals surface area (Å²) in [7, 11) is 0. The lowest BCUT2D eigenvalue weighted by Gasteiger charge is -2.34. The van der Waals surface area contributed by atoms with Gasteiger partial charge in [0.1, 0.15) is 6.10 Å². The second-order valence-electron chi connectivity index (χ2n) is 8.27. The van der Waals surface area contributed by atoms with Crippen LogP contribution >= 0.6 is 0 Å². The second kappa shape index (κ2) is 6.38. The summed E-state index contributed by atoms with van der Waals surface area (Å²) in [5, 5.41) is 20.2. The number of hydrogen-bond donors (Lipinski definition) is 2. The van der Waals surface area contributed by atoms with Gasteiger partial charge in [0.2, 0.25) is 0 Å². The zero-order valence-corrected chi connectivity index (χ0v) is 15.2. The number of cyclic esters (lactones) is 1. The standard InChI is InChI=1S/C20H28O5/c1-12-10-16(21)17-20(4,25-17)9-7-13-14(6-5-8-19(2,3)23)18(22)24-11-15(12)13/h5-6,8,13,15-17,21,23H,1,7,9-11H2,2-4H3/t13-,15+,16-,17?,20?/m1/s1. The molecule has 5 nitrogen and oxygen atoms in total. The Morgan fingerprint density at radius 2 is 2.08 bits per heavy atom. The summed E-state index contributed by atoms with van der Waals surface area (Å²) < 4.78 is 11.1. The molecule has 138 valence electrons. The van der Waals surface area contributed by atoms with Gasteiger partial charge in [0, 0.05) is 17.4 Å². The van der Waals surface area contributed by atoms with E-state index in [9.17, 15) is 15.0 Å². The Hall–Kier alpha value is -1.43. The lowest BCUT2D eigenvalue weighted by Crippen LogP contribution is -2.35. The van der Waals surface area contributed by atoms with E-state index < -0.39 is 11.7 Å². The first kappa shape index (κ1) is 18.4. The number of ether oxygens (including phenoxy) is 2. The maximum absolute atomic E-state index is 12.3. The monoisotopic (exact) mass is 348 g/mol. The number of allylic oxidation sites excluding steroid dienone is 2. The Bertz CT molecular complexity index is 626. The average molecular weight is 348 g/mol. The quantitative estimate of drug-likeness (QED) is 0.346. The first-order valence-electron chi connectivity index (χ1n) is 8.93. The minimum Gasteiger partial charge on any atom is -0.462 e. The van der Waals surface area contributed by atoms with E-state index in [1.165, 1.54) is 0 Å². The highest BCUT2D eigenvalue weighted by Gasteiger charge is 2.57. The van der Waals surface area contributed by atoms with Crippen molar-refractivity contribution in [3.05, 3.63) is 36.0 Å². The molecule has 25 heavy (non-hydrogen) atoms. The molecule has 3 fully saturated rings. The number of hydrogen-bond acceptors (Lipinski definition) is 5. The molecule has 0 aromatic rings. The van der Waals surface area contributed by atoms with Crippen LogP contribution in [0.25, 0.3) is 0 Å². The molecule has 0 amide bonds. The number of aliphatic hydroxyl groups is 2. The van der Waals surface area contributed by atoms with E-state index in [1.807, 2.05) is 6.92 Å². The number of esters is 1. The zero-order chi connectivity index (χ0) is 18.4. The highest BCUT2D eigenvalue weighted by atomic mass is 16.6. The van der Waals surface area contributed by atoms with Gasteiger partial charge in [0.15, 0.2) is 0 Å². The van der Waals surface area contributed by atoms with Crippen molar-refractivity contribution in [2.45, 2.75) is 63.4 Å². The summed E-state index contributed by atoms with van der Waals surface area (Å²) in [4.78, 5) is 12.3. The highest BCUT2D eigenvalue weighted by Crippen LogP contribution is 2.49. The largest absolute Gasteiger partial charge is 0.462 e. The Labute approximate surface area is 149 Å². The first-order valence-corrected chi connectivity index (χ1v) is 8.93. The van der Waals surface area contributed by atoms with Crippen LogP contribution in [0.1, 0.15) is 40.0 Å². The summed E-state index contributed by atoms with van der Waals surface area (Å²) in [5.41, 5.74) is 0.255. The summed E-state index contributed by atoms with van der Waals surface area (Å²) in [6, 6.07) is 0. The van der Waals surface area contributed by atoms with Gasteiger partial charge in [-0.25, -0.2) is 4.79 Å².